The molecule has 0 atom stereocenters. The van der Waals surface area contributed by atoms with Gasteiger partial charge in [-0.3, -0.25) is 0 Å². The first-order valence-corrected chi connectivity index (χ1v) is 8.60. The molecule has 0 spiro atoms. The van der Waals surface area contributed by atoms with Gasteiger partial charge in [-0.05, 0) is 65.5 Å². The zero-order chi connectivity index (χ0) is 14.1. The Bertz CT molecular complexity index is 388. The third-order valence-electron chi connectivity index (χ3n) is 2.61. The molecule has 0 fully saturated rings. The summed E-state index contributed by atoms with van der Waals surface area (Å²) in [5, 5.41) is 3.44. The third-order valence-corrected chi connectivity index (χ3v) is 3.90. The maximum absolute atomic E-state index is 5.58. The number of ether oxygens (including phenoxy) is 2. The maximum atomic E-state index is 5.58. The van der Waals surface area contributed by atoms with Crippen LogP contribution < -0.4 is 14.8 Å². The molecule has 0 aliphatic rings. The molecule has 1 N–H and O–H groups in total. The predicted molar refractivity (Wildman–Crippen MR) is 86.6 cm³/mol. The molecule has 0 saturated carbocycles. The van der Waals surface area contributed by atoms with Crippen molar-refractivity contribution in [3.8, 4) is 11.5 Å². The summed E-state index contributed by atoms with van der Waals surface area (Å²) in [4.78, 5) is 0. The molecular weight excluding hydrogens is 326 g/mol. The first-order chi connectivity index (χ1) is 9.22. The Labute approximate surface area is 128 Å². The Kier molecular flexibility index (Phi) is 8.34. The van der Waals surface area contributed by atoms with Crippen LogP contribution in [0.2, 0.25) is 0 Å². The van der Waals surface area contributed by atoms with E-state index in [1.165, 1.54) is 17.7 Å². The largest absolute Gasteiger partial charge is 0.493 e. The average molecular weight is 348 g/mol. The minimum atomic E-state index is 0.626. The van der Waals surface area contributed by atoms with Crippen molar-refractivity contribution in [1.82, 2.24) is 5.32 Å². The molecule has 5 heteroatoms. The highest BCUT2D eigenvalue weighted by Gasteiger charge is 2.10. The zero-order valence-corrected chi connectivity index (χ0v) is 14.2. The smallest absolute Gasteiger partial charge is 0.175 e. The van der Waals surface area contributed by atoms with Crippen LogP contribution in [-0.2, 0) is 6.54 Å². The van der Waals surface area contributed by atoms with Gasteiger partial charge in [-0.1, -0.05) is 0 Å². The van der Waals surface area contributed by atoms with E-state index in [0.29, 0.717) is 6.61 Å². The highest BCUT2D eigenvalue weighted by molar-refractivity contribution is 9.10. The van der Waals surface area contributed by atoms with Crippen LogP contribution in [0.3, 0.4) is 0 Å². The number of thioether (sulfide) groups is 1. The number of benzene rings is 1. The van der Waals surface area contributed by atoms with Crippen molar-refractivity contribution in [2.45, 2.75) is 19.9 Å². The summed E-state index contributed by atoms with van der Waals surface area (Å²) < 4.78 is 11.9. The van der Waals surface area contributed by atoms with Gasteiger partial charge in [0.15, 0.2) is 11.5 Å². The normalized spacial score (nSPS) is 10.5. The molecule has 1 aromatic carbocycles. The van der Waals surface area contributed by atoms with Gasteiger partial charge in [0.2, 0.25) is 0 Å². The van der Waals surface area contributed by atoms with Crippen LogP contribution in [-0.4, -0.2) is 32.3 Å². The van der Waals surface area contributed by atoms with Gasteiger partial charge in [-0.25, -0.2) is 0 Å². The summed E-state index contributed by atoms with van der Waals surface area (Å²) >= 11 is 5.42. The molecular formula is C14H22BrNO2S. The Hall–Kier alpha value is -0.390. The van der Waals surface area contributed by atoms with E-state index in [1.54, 1.807) is 7.11 Å². The van der Waals surface area contributed by atoms with E-state index in [2.05, 4.69) is 33.6 Å². The van der Waals surface area contributed by atoms with E-state index >= 15 is 0 Å². The van der Waals surface area contributed by atoms with Crippen LogP contribution in [0.5, 0.6) is 11.5 Å². The van der Waals surface area contributed by atoms with E-state index in [9.17, 15) is 0 Å². The van der Waals surface area contributed by atoms with Crippen LogP contribution in [0.4, 0.5) is 0 Å². The summed E-state index contributed by atoms with van der Waals surface area (Å²) in [5.41, 5.74) is 1.19. The van der Waals surface area contributed by atoms with Crippen molar-refractivity contribution in [3.63, 3.8) is 0 Å². The van der Waals surface area contributed by atoms with Gasteiger partial charge >= 0.3 is 0 Å². The number of halogens is 1. The van der Waals surface area contributed by atoms with E-state index in [4.69, 9.17) is 9.47 Å². The second kappa shape index (κ2) is 9.50. The number of methoxy groups -OCH3 is 1. The molecule has 1 aromatic rings. The molecule has 0 aromatic heterocycles. The lowest BCUT2D eigenvalue weighted by molar-refractivity contribution is 0.308. The van der Waals surface area contributed by atoms with Crippen LogP contribution in [0.15, 0.2) is 16.6 Å². The molecule has 0 amide bonds. The lowest BCUT2D eigenvalue weighted by atomic mass is 10.2. The molecule has 0 saturated heterocycles. The standard InChI is InChI=1S/C14H22BrNO2S/c1-4-18-14-12(15)8-11(9-13(14)17-2)10-16-6-5-7-19-3/h8-9,16H,4-7,10H2,1-3H3. The summed E-state index contributed by atoms with van der Waals surface area (Å²) in [6, 6.07) is 4.10. The first-order valence-electron chi connectivity index (χ1n) is 6.41. The second-order valence-electron chi connectivity index (χ2n) is 4.07. The van der Waals surface area contributed by atoms with Gasteiger partial charge in [0.1, 0.15) is 0 Å². The Morgan fingerprint density at radius 3 is 2.79 bits per heavy atom. The van der Waals surface area contributed by atoms with Crippen molar-refractivity contribution >= 4 is 27.7 Å². The molecule has 0 aliphatic heterocycles. The van der Waals surface area contributed by atoms with Crippen molar-refractivity contribution in [2.75, 3.05) is 32.3 Å². The summed E-state index contributed by atoms with van der Waals surface area (Å²) in [7, 11) is 1.67. The summed E-state index contributed by atoms with van der Waals surface area (Å²) in [6.07, 6.45) is 3.32. The lowest BCUT2D eigenvalue weighted by Crippen LogP contribution is -2.15. The monoisotopic (exact) mass is 347 g/mol. The van der Waals surface area contributed by atoms with Gasteiger partial charge < -0.3 is 14.8 Å². The van der Waals surface area contributed by atoms with Gasteiger partial charge in [0.05, 0.1) is 18.2 Å². The van der Waals surface area contributed by atoms with E-state index in [0.717, 1.165) is 29.1 Å². The summed E-state index contributed by atoms with van der Waals surface area (Å²) in [5.74, 6) is 2.75. The van der Waals surface area contributed by atoms with E-state index in [-0.39, 0.29) is 0 Å². The predicted octanol–water partition coefficient (Wildman–Crippen LogP) is 3.70. The first kappa shape index (κ1) is 16.7. The third kappa shape index (κ3) is 5.63. The van der Waals surface area contributed by atoms with E-state index < -0.39 is 0 Å². The Morgan fingerprint density at radius 1 is 1.37 bits per heavy atom. The van der Waals surface area contributed by atoms with Crippen LogP contribution >= 0.6 is 27.7 Å². The van der Waals surface area contributed by atoms with Crippen molar-refractivity contribution < 1.29 is 9.47 Å². The minimum Gasteiger partial charge on any atom is -0.493 e. The molecule has 1 rings (SSSR count). The van der Waals surface area contributed by atoms with Crippen molar-refractivity contribution in [2.24, 2.45) is 0 Å². The summed E-state index contributed by atoms with van der Waals surface area (Å²) in [6.45, 7) is 4.47. The average Bonchev–Trinajstić information content (AvgIpc) is 2.41. The van der Waals surface area contributed by atoms with Gasteiger partial charge in [0.25, 0.3) is 0 Å². The fraction of sp³-hybridized carbons (Fsp3) is 0.571. The molecule has 0 unspecified atom stereocenters. The maximum Gasteiger partial charge on any atom is 0.175 e. The van der Waals surface area contributed by atoms with Crippen molar-refractivity contribution in [3.05, 3.63) is 22.2 Å². The van der Waals surface area contributed by atoms with Crippen LogP contribution in [0.25, 0.3) is 0 Å². The highest BCUT2D eigenvalue weighted by Crippen LogP contribution is 2.36. The highest BCUT2D eigenvalue weighted by atomic mass is 79.9. The topological polar surface area (TPSA) is 30.5 Å². The molecule has 0 radical (unpaired) electrons. The molecule has 3 nitrogen and oxygen atoms in total. The van der Waals surface area contributed by atoms with Gasteiger partial charge in [0, 0.05) is 6.54 Å². The fourth-order valence-electron chi connectivity index (χ4n) is 1.73. The van der Waals surface area contributed by atoms with Gasteiger partial charge in [-0.15, -0.1) is 0 Å². The zero-order valence-electron chi connectivity index (χ0n) is 11.8. The molecule has 19 heavy (non-hydrogen) atoms. The SMILES string of the molecule is CCOc1c(Br)cc(CNCCCSC)cc1OC. The molecule has 0 heterocycles. The quantitative estimate of drug-likeness (QED) is 0.690. The number of nitrogens with one attached hydrogen (secondary N) is 1. The number of rotatable bonds is 9. The number of hydrogen-bond donors (Lipinski definition) is 1. The molecule has 108 valence electrons. The second-order valence-corrected chi connectivity index (χ2v) is 5.91. The lowest BCUT2D eigenvalue weighted by Gasteiger charge is -2.13. The van der Waals surface area contributed by atoms with Crippen LogP contribution in [0.1, 0.15) is 18.9 Å². The molecule has 0 bridgehead atoms. The Balaban J connectivity index is 2.62. The van der Waals surface area contributed by atoms with Crippen LogP contribution in [0, 0.1) is 0 Å². The van der Waals surface area contributed by atoms with Crippen molar-refractivity contribution in [1.29, 1.82) is 0 Å². The van der Waals surface area contributed by atoms with Gasteiger partial charge in [-0.2, -0.15) is 11.8 Å². The van der Waals surface area contributed by atoms with E-state index in [1.807, 2.05) is 24.8 Å². The molecule has 0 aliphatic carbocycles. The fourth-order valence-corrected chi connectivity index (χ4v) is 2.77. The number of hydrogen-bond acceptors (Lipinski definition) is 4. The minimum absolute atomic E-state index is 0.626. The Morgan fingerprint density at radius 2 is 2.16 bits per heavy atom.